The van der Waals surface area contributed by atoms with Crippen molar-refractivity contribution in [2.24, 2.45) is 5.92 Å². The lowest BCUT2D eigenvalue weighted by Gasteiger charge is -2.05. The molecule has 0 bridgehead atoms. The fourth-order valence-corrected chi connectivity index (χ4v) is 1.53. The fourth-order valence-electron chi connectivity index (χ4n) is 1.53. The number of ether oxygens (including phenoxy) is 1. The van der Waals surface area contributed by atoms with Crippen molar-refractivity contribution in [3.63, 3.8) is 0 Å². The topological polar surface area (TPSA) is 39.1 Å². The minimum absolute atomic E-state index is 0.687. The molecule has 0 amide bonds. The van der Waals surface area contributed by atoms with E-state index in [0.29, 0.717) is 5.92 Å². The summed E-state index contributed by atoms with van der Waals surface area (Å²) in [6.07, 6.45) is 5.08. The largest absolute Gasteiger partial charge is 0.380 e. The molecule has 0 saturated heterocycles. The van der Waals surface area contributed by atoms with Gasteiger partial charge in [0.25, 0.3) is 0 Å². The van der Waals surface area contributed by atoms with Crippen molar-refractivity contribution in [3.05, 3.63) is 18.0 Å². The Morgan fingerprint density at radius 2 is 2.24 bits per heavy atom. The summed E-state index contributed by atoms with van der Waals surface area (Å²) in [6.45, 7) is 10.9. The summed E-state index contributed by atoms with van der Waals surface area (Å²) in [5, 5.41) is 7.71. The molecule has 1 aromatic heterocycles. The quantitative estimate of drug-likeness (QED) is 0.670. The van der Waals surface area contributed by atoms with E-state index in [4.69, 9.17) is 4.74 Å². The third-order valence-electron chi connectivity index (χ3n) is 2.38. The van der Waals surface area contributed by atoms with Gasteiger partial charge in [-0.3, -0.25) is 4.68 Å². The predicted octanol–water partition coefficient (Wildman–Crippen LogP) is 2.06. The molecule has 0 unspecified atom stereocenters. The van der Waals surface area contributed by atoms with Crippen molar-refractivity contribution in [2.75, 3.05) is 19.8 Å². The van der Waals surface area contributed by atoms with Gasteiger partial charge in [0.05, 0.1) is 19.3 Å². The van der Waals surface area contributed by atoms with Crippen LogP contribution in [0.15, 0.2) is 12.4 Å². The van der Waals surface area contributed by atoms with Crippen molar-refractivity contribution < 1.29 is 4.74 Å². The van der Waals surface area contributed by atoms with E-state index in [9.17, 15) is 0 Å². The molecular formula is C13H25N3O. The Morgan fingerprint density at radius 1 is 1.41 bits per heavy atom. The number of aromatic nitrogens is 2. The first-order chi connectivity index (χ1) is 8.22. The van der Waals surface area contributed by atoms with Crippen LogP contribution in [0.4, 0.5) is 0 Å². The normalized spacial score (nSPS) is 11.3. The zero-order valence-corrected chi connectivity index (χ0v) is 11.3. The van der Waals surface area contributed by atoms with E-state index in [1.54, 1.807) is 0 Å². The van der Waals surface area contributed by atoms with Crippen LogP contribution in [0.2, 0.25) is 0 Å². The molecule has 1 heterocycles. The highest BCUT2D eigenvalue weighted by molar-refractivity contribution is 5.03. The summed E-state index contributed by atoms with van der Waals surface area (Å²) in [5.41, 5.74) is 1.24. The van der Waals surface area contributed by atoms with E-state index in [1.165, 1.54) is 5.56 Å². The van der Waals surface area contributed by atoms with Gasteiger partial charge in [-0.25, -0.2) is 0 Å². The third-order valence-corrected chi connectivity index (χ3v) is 2.38. The molecule has 0 spiro atoms. The average molecular weight is 239 g/mol. The van der Waals surface area contributed by atoms with E-state index in [2.05, 4.69) is 37.4 Å². The van der Waals surface area contributed by atoms with E-state index in [1.807, 2.05) is 10.9 Å². The van der Waals surface area contributed by atoms with Crippen molar-refractivity contribution >= 4 is 0 Å². The van der Waals surface area contributed by atoms with Crippen LogP contribution >= 0.6 is 0 Å². The van der Waals surface area contributed by atoms with E-state index < -0.39 is 0 Å². The molecule has 17 heavy (non-hydrogen) atoms. The van der Waals surface area contributed by atoms with Crippen LogP contribution in [0.25, 0.3) is 0 Å². The van der Waals surface area contributed by atoms with Crippen molar-refractivity contribution in [2.45, 2.75) is 40.3 Å². The highest BCUT2D eigenvalue weighted by atomic mass is 16.5. The second kappa shape index (κ2) is 8.25. The lowest BCUT2D eigenvalue weighted by Crippen LogP contribution is -2.18. The van der Waals surface area contributed by atoms with Crippen LogP contribution in [0.1, 0.15) is 32.8 Å². The molecule has 1 rings (SSSR count). The Labute approximate surface area is 104 Å². The monoisotopic (exact) mass is 239 g/mol. The zero-order valence-electron chi connectivity index (χ0n) is 11.3. The Balaban J connectivity index is 2.18. The van der Waals surface area contributed by atoms with Gasteiger partial charge in [-0.1, -0.05) is 20.8 Å². The summed E-state index contributed by atoms with van der Waals surface area (Å²) in [5.74, 6) is 0.687. The van der Waals surface area contributed by atoms with E-state index in [0.717, 1.165) is 39.3 Å². The van der Waals surface area contributed by atoms with Gasteiger partial charge in [0, 0.05) is 24.9 Å². The average Bonchev–Trinajstić information content (AvgIpc) is 2.72. The van der Waals surface area contributed by atoms with Gasteiger partial charge in [0.15, 0.2) is 0 Å². The molecule has 0 aliphatic rings. The molecule has 98 valence electrons. The van der Waals surface area contributed by atoms with Crippen LogP contribution in [0.3, 0.4) is 0 Å². The molecule has 0 radical (unpaired) electrons. The molecule has 0 atom stereocenters. The van der Waals surface area contributed by atoms with Gasteiger partial charge >= 0.3 is 0 Å². The Kier molecular flexibility index (Phi) is 6.89. The summed E-state index contributed by atoms with van der Waals surface area (Å²) >= 11 is 0. The SMILES string of the molecule is CCCOCCn1cc(CNCC(C)C)cn1. The first-order valence-electron chi connectivity index (χ1n) is 6.52. The predicted molar refractivity (Wildman–Crippen MR) is 69.9 cm³/mol. The standard InChI is InChI=1S/C13H25N3O/c1-4-6-17-7-5-16-11-13(10-15-16)9-14-8-12(2)3/h10-12,14H,4-9H2,1-3H3. The number of nitrogens with zero attached hydrogens (tertiary/aromatic N) is 2. The third kappa shape index (κ3) is 6.44. The summed E-state index contributed by atoms with van der Waals surface area (Å²) in [7, 11) is 0. The molecule has 0 fully saturated rings. The molecule has 4 nitrogen and oxygen atoms in total. The van der Waals surface area contributed by atoms with Gasteiger partial charge in [0.1, 0.15) is 0 Å². The van der Waals surface area contributed by atoms with Crippen LogP contribution < -0.4 is 5.32 Å². The highest BCUT2D eigenvalue weighted by Gasteiger charge is 1.99. The minimum atomic E-state index is 0.687. The van der Waals surface area contributed by atoms with Crippen LogP contribution in [0.5, 0.6) is 0 Å². The van der Waals surface area contributed by atoms with Gasteiger partial charge in [-0.15, -0.1) is 0 Å². The van der Waals surface area contributed by atoms with Crippen molar-refractivity contribution in [3.8, 4) is 0 Å². The lowest BCUT2D eigenvalue weighted by molar-refractivity contribution is 0.124. The summed E-state index contributed by atoms with van der Waals surface area (Å²) < 4.78 is 7.38. The molecule has 1 N–H and O–H groups in total. The summed E-state index contributed by atoms with van der Waals surface area (Å²) in [4.78, 5) is 0. The Hall–Kier alpha value is -0.870. The maximum absolute atomic E-state index is 5.43. The van der Waals surface area contributed by atoms with Gasteiger partial charge < -0.3 is 10.1 Å². The van der Waals surface area contributed by atoms with Gasteiger partial charge in [-0.2, -0.15) is 5.10 Å². The first kappa shape index (κ1) is 14.2. The summed E-state index contributed by atoms with van der Waals surface area (Å²) in [6, 6.07) is 0. The maximum atomic E-state index is 5.43. The van der Waals surface area contributed by atoms with Crippen molar-refractivity contribution in [1.29, 1.82) is 0 Å². The number of nitrogens with one attached hydrogen (secondary N) is 1. The Morgan fingerprint density at radius 3 is 2.94 bits per heavy atom. The second-order valence-electron chi connectivity index (χ2n) is 4.75. The Bertz CT molecular complexity index is 297. The van der Waals surface area contributed by atoms with Gasteiger partial charge in [-0.05, 0) is 18.9 Å². The van der Waals surface area contributed by atoms with E-state index >= 15 is 0 Å². The number of hydrogen-bond donors (Lipinski definition) is 1. The maximum Gasteiger partial charge on any atom is 0.0662 e. The fraction of sp³-hybridized carbons (Fsp3) is 0.769. The van der Waals surface area contributed by atoms with Gasteiger partial charge in [0.2, 0.25) is 0 Å². The molecule has 0 saturated carbocycles. The van der Waals surface area contributed by atoms with Crippen LogP contribution in [-0.4, -0.2) is 29.5 Å². The second-order valence-corrected chi connectivity index (χ2v) is 4.75. The molecular weight excluding hydrogens is 214 g/mol. The zero-order chi connectivity index (χ0) is 12.5. The van der Waals surface area contributed by atoms with E-state index in [-0.39, 0.29) is 0 Å². The molecule has 0 aliphatic carbocycles. The van der Waals surface area contributed by atoms with Crippen molar-refractivity contribution in [1.82, 2.24) is 15.1 Å². The number of hydrogen-bond acceptors (Lipinski definition) is 3. The van der Waals surface area contributed by atoms with Crippen LogP contribution in [-0.2, 0) is 17.8 Å². The first-order valence-corrected chi connectivity index (χ1v) is 6.52. The molecule has 1 aromatic rings. The van der Waals surface area contributed by atoms with Crippen LogP contribution in [0, 0.1) is 5.92 Å². The number of rotatable bonds is 9. The smallest absolute Gasteiger partial charge is 0.0662 e. The molecule has 0 aromatic carbocycles. The minimum Gasteiger partial charge on any atom is -0.380 e. The molecule has 0 aliphatic heterocycles. The highest BCUT2D eigenvalue weighted by Crippen LogP contribution is 1.98. The lowest BCUT2D eigenvalue weighted by atomic mass is 10.2. The molecule has 4 heteroatoms.